The van der Waals surface area contributed by atoms with E-state index in [4.69, 9.17) is 4.74 Å². The number of nitrogens with one attached hydrogen (secondary N) is 1. The van der Waals surface area contributed by atoms with Gasteiger partial charge in [0.2, 0.25) is 11.8 Å². The third-order valence-corrected chi connectivity index (χ3v) is 5.95. The van der Waals surface area contributed by atoms with Crippen molar-refractivity contribution in [1.29, 1.82) is 0 Å². The quantitative estimate of drug-likeness (QED) is 0.731. The normalized spacial score (nSPS) is 18.4. The average molecular weight is 413 g/mol. The molecule has 1 aromatic heterocycles. The number of rotatable bonds is 5. The molecule has 2 aliphatic rings. The summed E-state index contributed by atoms with van der Waals surface area (Å²) >= 11 is 0. The van der Waals surface area contributed by atoms with Crippen LogP contribution in [0.4, 0.5) is 10.1 Å². The molecule has 30 heavy (non-hydrogen) atoms. The van der Waals surface area contributed by atoms with Gasteiger partial charge in [0.15, 0.2) is 5.78 Å². The summed E-state index contributed by atoms with van der Waals surface area (Å²) in [5.41, 5.74) is 0.590. The van der Waals surface area contributed by atoms with Gasteiger partial charge in [-0.1, -0.05) is 0 Å². The van der Waals surface area contributed by atoms with Crippen molar-refractivity contribution in [2.75, 3.05) is 32.1 Å². The molecule has 0 saturated carbocycles. The van der Waals surface area contributed by atoms with Crippen LogP contribution in [-0.4, -0.2) is 53.4 Å². The molecule has 3 heterocycles. The molecule has 0 bridgehead atoms. The highest BCUT2D eigenvalue weighted by Gasteiger charge is 2.35. The van der Waals surface area contributed by atoms with Crippen molar-refractivity contribution < 1.29 is 23.8 Å². The second kappa shape index (κ2) is 8.12. The lowest BCUT2D eigenvalue weighted by atomic mass is 9.85. The van der Waals surface area contributed by atoms with Crippen LogP contribution in [0, 0.1) is 5.82 Å². The van der Waals surface area contributed by atoms with Gasteiger partial charge in [-0.25, -0.2) is 9.37 Å². The van der Waals surface area contributed by atoms with E-state index in [2.05, 4.69) is 10.3 Å². The number of pyridine rings is 1. The SMILES string of the molecule is COc1ccc(C2(O)CCN(CC(=O)c3ccc4c(c3F)CCC(=O)N4)CC2)cn1. The van der Waals surface area contributed by atoms with E-state index in [9.17, 15) is 19.1 Å². The van der Waals surface area contributed by atoms with Crippen molar-refractivity contribution in [3.05, 3.63) is 53.0 Å². The van der Waals surface area contributed by atoms with Gasteiger partial charge in [0.25, 0.3) is 0 Å². The first kappa shape index (κ1) is 20.4. The molecule has 2 aromatic rings. The second-order valence-electron chi connectivity index (χ2n) is 7.82. The fourth-order valence-electron chi connectivity index (χ4n) is 4.08. The number of halogens is 1. The molecule has 1 aromatic carbocycles. The van der Waals surface area contributed by atoms with Gasteiger partial charge in [-0.3, -0.25) is 14.5 Å². The first-order valence-electron chi connectivity index (χ1n) is 9.99. The van der Waals surface area contributed by atoms with Crippen LogP contribution in [-0.2, 0) is 16.8 Å². The van der Waals surface area contributed by atoms with Crippen molar-refractivity contribution in [2.45, 2.75) is 31.3 Å². The molecule has 0 atom stereocenters. The number of likely N-dealkylation sites (tertiary alicyclic amines) is 1. The van der Waals surface area contributed by atoms with Gasteiger partial charge < -0.3 is 15.2 Å². The summed E-state index contributed by atoms with van der Waals surface area (Å²) in [6, 6.07) is 6.54. The van der Waals surface area contributed by atoms with Gasteiger partial charge in [0.05, 0.1) is 24.8 Å². The van der Waals surface area contributed by atoms with Crippen LogP contribution < -0.4 is 10.1 Å². The summed E-state index contributed by atoms with van der Waals surface area (Å²) in [5, 5.41) is 13.6. The number of nitrogens with zero attached hydrogens (tertiary/aromatic N) is 2. The fourth-order valence-corrected chi connectivity index (χ4v) is 4.08. The maximum Gasteiger partial charge on any atom is 0.224 e. The molecule has 1 amide bonds. The van der Waals surface area contributed by atoms with Crippen LogP contribution in [0.1, 0.15) is 40.7 Å². The first-order chi connectivity index (χ1) is 14.4. The van der Waals surface area contributed by atoms with E-state index < -0.39 is 11.4 Å². The monoisotopic (exact) mass is 413 g/mol. The third-order valence-electron chi connectivity index (χ3n) is 5.95. The smallest absolute Gasteiger partial charge is 0.224 e. The summed E-state index contributed by atoms with van der Waals surface area (Å²) in [6.45, 7) is 1.10. The van der Waals surface area contributed by atoms with E-state index in [1.54, 1.807) is 24.4 Å². The first-order valence-corrected chi connectivity index (χ1v) is 9.99. The third kappa shape index (κ3) is 3.93. The lowest BCUT2D eigenvalue weighted by Gasteiger charge is -2.38. The highest BCUT2D eigenvalue weighted by molar-refractivity contribution is 6.00. The number of benzene rings is 1. The Balaban J connectivity index is 1.40. The minimum absolute atomic E-state index is 0.0464. The van der Waals surface area contributed by atoms with Gasteiger partial charge in [-0.15, -0.1) is 0 Å². The number of carbonyl (C=O) groups is 2. The summed E-state index contributed by atoms with van der Waals surface area (Å²) < 4.78 is 19.9. The molecule has 0 unspecified atom stereocenters. The summed E-state index contributed by atoms with van der Waals surface area (Å²) in [4.78, 5) is 30.3. The molecule has 2 aliphatic heterocycles. The number of aliphatic hydroxyl groups is 1. The Labute approximate surface area is 173 Å². The minimum Gasteiger partial charge on any atom is -0.481 e. The van der Waals surface area contributed by atoms with Gasteiger partial charge >= 0.3 is 0 Å². The van der Waals surface area contributed by atoms with E-state index in [1.165, 1.54) is 13.2 Å². The summed E-state index contributed by atoms with van der Waals surface area (Å²) in [6.07, 6.45) is 3.02. The number of ketones is 1. The van der Waals surface area contributed by atoms with Crippen LogP contribution in [0.5, 0.6) is 5.88 Å². The van der Waals surface area contributed by atoms with E-state index >= 15 is 0 Å². The predicted octanol–water partition coefficient (Wildman–Crippen LogP) is 2.28. The Kier molecular flexibility index (Phi) is 5.53. The number of carbonyl (C=O) groups excluding carboxylic acids is 2. The zero-order valence-corrected chi connectivity index (χ0v) is 16.8. The molecule has 0 radical (unpaired) electrons. The number of Topliss-reactive ketones (excluding diaryl/α,β-unsaturated/α-hetero) is 1. The lowest BCUT2D eigenvalue weighted by Crippen LogP contribution is -2.44. The van der Waals surface area contributed by atoms with E-state index in [0.29, 0.717) is 49.5 Å². The van der Waals surface area contributed by atoms with Crippen molar-refractivity contribution in [1.82, 2.24) is 9.88 Å². The molecular formula is C22H24FN3O4. The van der Waals surface area contributed by atoms with Crippen molar-refractivity contribution in [2.24, 2.45) is 0 Å². The molecule has 1 fully saturated rings. The predicted molar refractivity (Wildman–Crippen MR) is 108 cm³/mol. The number of aromatic nitrogens is 1. The van der Waals surface area contributed by atoms with Crippen LogP contribution in [0.15, 0.2) is 30.5 Å². The van der Waals surface area contributed by atoms with Gasteiger partial charge in [0, 0.05) is 48.6 Å². The highest BCUT2D eigenvalue weighted by atomic mass is 19.1. The van der Waals surface area contributed by atoms with Crippen LogP contribution in [0.2, 0.25) is 0 Å². The van der Waals surface area contributed by atoms with Crippen molar-refractivity contribution in [3.63, 3.8) is 0 Å². The van der Waals surface area contributed by atoms with Crippen molar-refractivity contribution in [3.8, 4) is 5.88 Å². The van der Waals surface area contributed by atoms with Crippen LogP contribution in [0.3, 0.4) is 0 Å². The van der Waals surface area contributed by atoms with E-state index in [1.807, 2.05) is 4.90 Å². The number of piperidine rings is 1. The molecule has 2 N–H and O–H groups in total. The van der Waals surface area contributed by atoms with Crippen LogP contribution in [0.25, 0.3) is 0 Å². The molecule has 0 aliphatic carbocycles. The maximum atomic E-state index is 14.8. The molecule has 7 nitrogen and oxygen atoms in total. The van der Waals surface area contributed by atoms with E-state index in [0.717, 1.165) is 5.56 Å². The average Bonchev–Trinajstić information content (AvgIpc) is 2.75. The molecule has 158 valence electrons. The lowest BCUT2D eigenvalue weighted by molar-refractivity contribution is -0.116. The molecule has 8 heteroatoms. The Bertz CT molecular complexity index is 969. The number of anilines is 1. The van der Waals surface area contributed by atoms with Gasteiger partial charge in [-0.2, -0.15) is 0 Å². The zero-order valence-electron chi connectivity index (χ0n) is 16.8. The molecular weight excluding hydrogens is 389 g/mol. The molecule has 1 saturated heterocycles. The van der Waals surface area contributed by atoms with Gasteiger partial charge in [-0.05, 0) is 37.5 Å². The topological polar surface area (TPSA) is 91.8 Å². The Morgan fingerprint density at radius 1 is 1.27 bits per heavy atom. The number of fused-ring (bicyclic) bond motifs is 1. The number of hydrogen-bond donors (Lipinski definition) is 2. The Morgan fingerprint density at radius 3 is 2.70 bits per heavy atom. The Morgan fingerprint density at radius 2 is 2.03 bits per heavy atom. The summed E-state index contributed by atoms with van der Waals surface area (Å²) in [5.74, 6) is -0.509. The second-order valence-corrected chi connectivity index (χ2v) is 7.82. The standard InChI is InChI=1S/C22H24FN3O4/c1-30-20-7-2-14(12-24-20)22(29)8-10-26(11-9-22)13-18(27)16-3-5-17-15(21(16)23)4-6-19(28)25-17/h2-3,5,7,12,29H,4,6,8-11,13H2,1H3,(H,25,28). The van der Waals surface area contributed by atoms with Gasteiger partial charge in [0.1, 0.15) is 5.82 Å². The van der Waals surface area contributed by atoms with Crippen molar-refractivity contribution >= 4 is 17.4 Å². The highest BCUT2D eigenvalue weighted by Crippen LogP contribution is 2.33. The number of hydrogen-bond acceptors (Lipinski definition) is 6. The Hall–Kier alpha value is -2.84. The fraction of sp³-hybridized carbons (Fsp3) is 0.409. The van der Waals surface area contributed by atoms with E-state index in [-0.39, 0.29) is 30.2 Å². The largest absolute Gasteiger partial charge is 0.481 e. The van der Waals surface area contributed by atoms with Crippen LogP contribution >= 0.6 is 0 Å². The zero-order chi connectivity index (χ0) is 21.3. The maximum absolute atomic E-state index is 14.8. The number of methoxy groups -OCH3 is 1. The number of ether oxygens (including phenoxy) is 1. The number of amides is 1. The molecule has 0 spiro atoms. The summed E-state index contributed by atoms with van der Waals surface area (Å²) in [7, 11) is 1.54. The minimum atomic E-state index is -1.01. The molecule has 4 rings (SSSR count).